The summed E-state index contributed by atoms with van der Waals surface area (Å²) in [6.07, 6.45) is 4.13. The Kier molecular flexibility index (Phi) is 4.36. The summed E-state index contributed by atoms with van der Waals surface area (Å²) >= 11 is 0. The van der Waals surface area contributed by atoms with Gasteiger partial charge in [-0.3, -0.25) is 0 Å². The van der Waals surface area contributed by atoms with E-state index in [-0.39, 0.29) is 6.09 Å². The molecular weight excluding hydrogens is 242 g/mol. The lowest BCUT2D eigenvalue weighted by Crippen LogP contribution is -2.50. The molecule has 2 saturated carbocycles. The molecule has 2 fully saturated rings. The van der Waals surface area contributed by atoms with Crippen molar-refractivity contribution in [2.24, 2.45) is 5.73 Å². The maximum Gasteiger partial charge on any atom is 0.410 e. The lowest BCUT2D eigenvalue weighted by molar-refractivity contribution is 0.0232. The van der Waals surface area contributed by atoms with Gasteiger partial charge in [0.05, 0.1) is 0 Å². The molecule has 0 aromatic carbocycles. The average molecular weight is 269 g/mol. The predicted molar refractivity (Wildman–Crippen MR) is 75.0 cm³/mol. The number of nitrogens with zero attached hydrogens (tertiary/aromatic N) is 1. The Morgan fingerprint density at radius 1 is 1.37 bits per heavy atom. The van der Waals surface area contributed by atoms with Gasteiger partial charge in [-0.15, -0.1) is 0 Å². The summed E-state index contributed by atoms with van der Waals surface area (Å²) in [5.41, 5.74) is 5.33. The van der Waals surface area contributed by atoms with E-state index in [1.165, 1.54) is 0 Å². The number of carbonyl (C=O) groups excluding carboxylic acids is 1. The molecule has 2 aliphatic carbocycles. The number of nitrogens with two attached hydrogens (primary N) is 1. The molecule has 0 saturated heterocycles. The van der Waals surface area contributed by atoms with Crippen LogP contribution in [0.2, 0.25) is 0 Å². The minimum Gasteiger partial charge on any atom is -0.444 e. The fraction of sp³-hybridized carbons (Fsp3) is 0.929. The second-order valence-corrected chi connectivity index (χ2v) is 6.79. The minimum absolute atomic E-state index is 0.179. The normalized spacial score (nSPS) is 26.7. The van der Waals surface area contributed by atoms with Crippen LogP contribution in [0.5, 0.6) is 0 Å². The smallest absolute Gasteiger partial charge is 0.410 e. The second kappa shape index (κ2) is 5.67. The highest BCUT2D eigenvalue weighted by Crippen LogP contribution is 2.28. The lowest BCUT2D eigenvalue weighted by Gasteiger charge is -2.34. The molecule has 0 bridgehead atoms. The highest BCUT2D eigenvalue weighted by Gasteiger charge is 2.35. The van der Waals surface area contributed by atoms with Gasteiger partial charge in [-0.25, -0.2) is 4.79 Å². The molecule has 5 nitrogen and oxygen atoms in total. The van der Waals surface area contributed by atoms with E-state index in [9.17, 15) is 4.79 Å². The molecular formula is C14H27N3O2. The molecule has 2 rings (SSSR count). The fourth-order valence-electron chi connectivity index (χ4n) is 2.35. The van der Waals surface area contributed by atoms with Crippen LogP contribution >= 0.6 is 0 Å². The Morgan fingerprint density at radius 3 is 2.47 bits per heavy atom. The molecule has 19 heavy (non-hydrogen) atoms. The molecule has 0 radical (unpaired) electrons. The zero-order valence-electron chi connectivity index (χ0n) is 12.3. The van der Waals surface area contributed by atoms with Crippen molar-refractivity contribution in [3.63, 3.8) is 0 Å². The van der Waals surface area contributed by atoms with Crippen molar-refractivity contribution in [2.75, 3.05) is 13.1 Å². The third-order valence-electron chi connectivity index (χ3n) is 3.58. The molecule has 0 aliphatic heterocycles. The van der Waals surface area contributed by atoms with E-state index in [1.807, 2.05) is 25.7 Å². The fourth-order valence-corrected chi connectivity index (χ4v) is 2.35. The SMILES string of the molecule is CC(C)(C)OC(=O)N(CCNC1CC(N)C1)C1CC1. The summed E-state index contributed by atoms with van der Waals surface area (Å²) in [6.45, 7) is 7.27. The van der Waals surface area contributed by atoms with Gasteiger partial charge in [0, 0.05) is 31.2 Å². The van der Waals surface area contributed by atoms with Gasteiger partial charge in [-0.2, -0.15) is 0 Å². The lowest BCUT2D eigenvalue weighted by atomic mass is 9.88. The highest BCUT2D eigenvalue weighted by atomic mass is 16.6. The number of rotatable bonds is 5. The number of nitrogens with one attached hydrogen (secondary N) is 1. The number of ether oxygens (including phenoxy) is 1. The van der Waals surface area contributed by atoms with E-state index >= 15 is 0 Å². The first-order valence-corrected chi connectivity index (χ1v) is 7.34. The van der Waals surface area contributed by atoms with Crippen molar-refractivity contribution in [3.05, 3.63) is 0 Å². The topological polar surface area (TPSA) is 67.6 Å². The van der Waals surface area contributed by atoms with Gasteiger partial charge in [0.25, 0.3) is 0 Å². The van der Waals surface area contributed by atoms with Crippen molar-refractivity contribution in [1.29, 1.82) is 0 Å². The van der Waals surface area contributed by atoms with Crippen LogP contribution in [0.15, 0.2) is 0 Å². The van der Waals surface area contributed by atoms with Crippen molar-refractivity contribution in [2.45, 2.75) is 70.2 Å². The van der Waals surface area contributed by atoms with E-state index in [4.69, 9.17) is 10.5 Å². The number of hydrogen-bond acceptors (Lipinski definition) is 4. The largest absolute Gasteiger partial charge is 0.444 e. The molecule has 110 valence electrons. The van der Waals surface area contributed by atoms with Crippen LogP contribution in [0.25, 0.3) is 0 Å². The van der Waals surface area contributed by atoms with Gasteiger partial charge >= 0.3 is 6.09 Å². The van der Waals surface area contributed by atoms with Gasteiger partial charge in [0.2, 0.25) is 0 Å². The van der Waals surface area contributed by atoms with Gasteiger partial charge in [0.1, 0.15) is 5.60 Å². The van der Waals surface area contributed by atoms with Crippen molar-refractivity contribution in [1.82, 2.24) is 10.2 Å². The van der Waals surface area contributed by atoms with Crippen molar-refractivity contribution >= 4 is 6.09 Å². The molecule has 0 heterocycles. The Balaban J connectivity index is 1.72. The van der Waals surface area contributed by atoms with Crippen LogP contribution in [-0.4, -0.2) is 47.8 Å². The van der Waals surface area contributed by atoms with Crippen molar-refractivity contribution < 1.29 is 9.53 Å². The van der Waals surface area contributed by atoms with Crippen LogP contribution in [0, 0.1) is 0 Å². The molecule has 3 N–H and O–H groups in total. The molecule has 0 atom stereocenters. The molecule has 0 unspecified atom stereocenters. The second-order valence-electron chi connectivity index (χ2n) is 6.79. The summed E-state index contributed by atoms with van der Waals surface area (Å²) in [7, 11) is 0. The quantitative estimate of drug-likeness (QED) is 0.793. The first-order chi connectivity index (χ1) is 8.85. The number of hydrogen-bond donors (Lipinski definition) is 2. The first kappa shape index (κ1) is 14.6. The molecule has 5 heteroatoms. The number of carbonyl (C=O) groups is 1. The summed E-state index contributed by atoms with van der Waals surface area (Å²) in [6, 6.07) is 1.29. The monoisotopic (exact) mass is 269 g/mol. The van der Waals surface area contributed by atoms with Gasteiger partial charge in [-0.05, 0) is 46.5 Å². The highest BCUT2D eigenvalue weighted by molar-refractivity contribution is 5.69. The molecule has 2 aliphatic rings. The van der Waals surface area contributed by atoms with E-state index in [2.05, 4.69) is 5.32 Å². The van der Waals surface area contributed by atoms with E-state index < -0.39 is 5.60 Å². The maximum absolute atomic E-state index is 12.1. The minimum atomic E-state index is -0.418. The maximum atomic E-state index is 12.1. The standard InChI is InChI=1S/C14H27N3O2/c1-14(2,3)19-13(18)17(12-4-5-12)7-6-16-11-8-10(15)9-11/h10-12,16H,4-9,15H2,1-3H3. The summed E-state index contributed by atoms with van der Waals surface area (Å²) < 4.78 is 5.46. The van der Waals surface area contributed by atoms with Crippen LogP contribution in [-0.2, 0) is 4.74 Å². The van der Waals surface area contributed by atoms with Gasteiger partial charge < -0.3 is 20.7 Å². The average Bonchev–Trinajstić information content (AvgIpc) is 3.02. The predicted octanol–water partition coefficient (Wildman–Crippen LogP) is 1.47. The molecule has 0 aromatic heterocycles. The third-order valence-corrected chi connectivity index (χ3v) is 3.58. The molecule has 0 spiro atoms. The van der Waals surface area contributed by atoms with Crippen LogP contribution in [0.4, 0.5) is 4.79 Å². The zero-order chi connectivity index (χ0) is 14.0. The zero-order valence-corrected chi connectivity index (χ0v) is 12.3. The van der Waals surface area contributed by atoms with Crippen LogP contribution in [0.1, 0.15) is 46.5 Å². The third kappa shape index (κ3) is 4.66. The van der Waals surface area contributed by atoms with E-state index in [0.29, 0.717) is 18.1 Å². The van der Waals surface area contributed by atoms with Crippen molar-refractivity contribution in [3.8, 4) is 0 Å². The Bertz CT molecular complexity index is 317. The Morgan fingerprint density at radius 2 is 2.00 bits per heavy atom. The molecule has 0 aromatic rings. The van der Waals surface area contributed by atoms with E-state index in [1.54, 1.807) is 0 Å². The first-order valence-electron chi connectivity index (χ1n) is 7.34. The van der Waals surface area contributed by atoms with E-state index in [0.717, 1.165) is 38.8 Å². The Labute approximate surface area is 115 Å². The summed E-state index contributed by atoms with van der Waals surface area (Å²) in [4.78, 5) is 14.0. The Hall–Kier alpha value is -0.810. The summed E-state index contributed by atoms with van der Waals surface area (Å²) in [5.74, 6) is 0. The summed E-state index contributed by atoms with van der Waals surface area (Å²) in [5, 5.41) is 3.45. The van der Waals surface area contributed by atoms with Gasteiger partial charge in [0.15, 0.2) is 0 Å². The van der Waals surface area contributed by atoms with Crippen LogP contribution < -0.4 is 11.1 Å². The van der Waals surface area contributed by atoms with Gasteiger partial charge in [-0.1, -0.05) is 0 Å². The molecule has 1 amide bonds. The van der Waals surface area contributed by atoms with Crippen LogP contribution in [0.3, 0.4) is 0 Å². The number of amides is 1.